The van der Waals surface area contributed by atoms with Gasteiger partial charge in [0.15, 0.2) is 0 Å². The van der Waals surface area contributed by atoms with Gasteiger partial charge in [0.2, 0.25) is 5.88 Å². The molecule has 0 radical (unpaired) electrons. The number of rotatable bonds is 6. The molecule has 21 heavy (non-hydrogen) atoms. The Morgan fingerprint density at radius 3 is 2.14 bits per heavy atom. The third-order valence-electron chi connectivity index (χ3n) is 2.92. The van der Waals surface area contributed by atoms with Crippen molar-refractivity contribution in [1.29, 1.82) is 0 Å². The van der Waals surface area contributed by atoms with Gasteiger partial charge in [-0.3, -0.25) is 0 Å². The molecule has 112 valence electrons. The maximum Gasteiger partial charge on any atom is 0.219 e. The molecule has 0 amide bonds. The second-order valence-corrected chi connectivity index (χ2v) is 4.64. The number of hydrogen-bond donors (Lipinski definition) is 1. The quantitative estimate of drug-likeness (QED) is 0.885. The van der Waals surface area contributed by atoms with E-state index in [1.165, 1.54) is 0 Å². The van der Waals surface area contributed by atoms with E-state index in [1.807, 2.05) is 26.1 Å². The van der Waals surface area contributed by atoms with Crippen LogP contribution in [-0.2, 0) is 6.54 Å². The van der Waals surface area contributed by atoms with E-state index in [0.29, 0.717) is 23.1 Å². The minimum Gasteiger partial charge on any atom is -0.496 e. The van der Waals surface area contributed by atoms with Crippen LogP contribution in [0.25, 0.3) is 0 Å². The predicted molar refractivity (Wildman–Crippen MR) is 81.4 cm³/mol. The lowest BCUT2D eigenvalue weighted by molar-refractivity contribution is 0.385. The molecule has 1 aromatic carbocycles. The summed E-state index contributed by atoms with van der Waals surface area (Å²) < 4.78 is 16.3. The fourth-order valence-electron chi connectivity index (χ4n) is 2.03. The molecule has 1 heterocycles. The highest BCUT2D eigenvalue weighted by molar-refractivity contribution is 5.43. The molecule has 1 aromatic heterocycles. The van der Waals surface area contributed by atoms with Crippen molar-refractivity contribution >= 4 is 0 Å². The van der Waals surface area contributed by atoms with Crippen molar-refractivity contribution in [3.8, 4) is 23.1 Å². The zero-order chi connectivity index (χ0) is 15.2. The van der Waals surface area contributed by atoms with Crippen molar-refractivity contribution in [2.24, 2.45) is 0 Å². The first-order valence-electron chi connectivity index (χ1n) is 6.67. The molecule has 5 heteroatoms. The molecule has 0 unspecified atom stereocenters. The average Bonchev–Trinajstić information content (AvgIpc) is 2.46. The van der Waals surface area contributed by atoms with Crippen LogP contribution < -0.4 is 19.5 Å². The highest BCUT2D eigenvalue weighted by atomic mass is 16.5. The average molecular weight is 288 g/mol. The molecule has 0 fully saturated rings. The van der Waals surface area contributed by atoms with Crippen molar-refractivity contribution < 1.29 is 14.2 Å². The summed E-state index contributed by atoms with van der Waals surface area (Å²) in [7, 11) is 5.12. The summed E-state index contributed by atoms with van der Waals surface area (Å²) in [5, 5.41) is 3.12. The van der Waals surface area contributed by atoms with E-state index in [2.05, 4.69) is 10.3 Å². The summed E-state index contributed by atoms with van der Waals surface area (Å²) in [4.78, 5) is 4.39. The molecule has 2 rings (SSSR count). The highest BCUT2D eigenvalue weighted by Gasteiger charge is 2.06. The van der Waals surface area contributed by atoms with Crippen LogP contribution in [0.3, 0.4) is 0 Å². The van der Waals surface area contributed by atoms with E-state index in [9.17, 15) is 0 Å². The van der Waals surface area contributed by atoms with Gasteiger partial charge in [-0.2, -0.15) is 0 Å². The lowest BCUT2D eigenvalue weighted by atomic mass is 10.2. The largest absolute Gasteiger partial charge is 0.496 e. The van der Waals surface area contributed by atoms with Gasteiger partial charge < -0.3 is 19.5 Å². The van der Waals surface area contributed by atoms with Crippen LogP contribution in [-0.4, -0.2) is 26.3 Å². The molecular formula is C16H20N2O3. The molecule has 5 nitrogen and oxygen atoms in total. The lowest BCUT2D eigenvalue weighted by Gasteiger charge is -2.11. The number of benzene rings is 1. The first-order chi connectivity index (χ1) is 10.1. The first-order valence-corrected chi connectivity index (χ1v) is 6.67. The number of aryl methyl sites for hydroxylation is 1. The number of nitrogens with zero attached hydrogens (tertiary/aromatic N) is 1. The Morgan fingerprint density at radius 2 is 1.57 bits per heavy atom. The Kier molecular flexibility index (Phi) is 5.00. The van der Waals surface area contributed by atoms with Gasteiger partial charge >= 0.3 is 0 Å². The summed E-state index contributed by atoms with van der Waals surface area (Å²) in [5.74, 6) is 2.52. The predicted octanol–water partition coefficient (Wildman–Crippen LogP) is 2.92. The molecule has 1 N–H and O–H groups in total. The molecule has 0 saturated carbocycles. The molecule has 0 aliphatic carbocycles. The minimum atomic E-state index is 0.551. The van der Waals surface area contributed by atoms with Gasteiger partial charge in [0.1, 0.15) is 17.2 Å². The fourth-order valence-corrected chi connectivity index (χ4v) is 2.03. The molecule has 0 aliphatic rings. The Morgan fingerprint density at radius 1 is 0.952 bits per heavy atom. The van der Waals surface area contributed by atoms with E-state index in [0.717, 1.165) is 17.8 Å². The van der Waals surface area contributed by atoms with Crippen LogP contribution in [0, 0.1) is 6.92 Å². The Hall–Kier alpha value is -2.27. The fraction of sp³-hybridized carbons (Fsp3) is 0.312. The zero-order valence-corrected chi connectivity index (χ0v) is 12.8. The van der Waals surface area contributed by atoms with E-state index in [1.54, 1.807) is 32.4 Å². The second kappa shape index (κ2) is 6.95. The lowest BCUT2D eigenvalue weighted by Crippen LogP contribution is -2.06. The van der Waals surface area contributed by atoms with E-state index < -0.39 is 0 Å². The van der Waals surface area contributed by atoms with Crippen LogP contribution >= 0.6 is 0 Å². The number of nitrogens with one attached hydrogen (secondary N) is 1. The normalized spacial score (nSPS) is 10.3. The first kappa shape index (κ1) is 15.1. The van der Waals surface area contributed by atoms with Crippen molar-refractivity contribution in [2.75, 3.05) is 21.3 Å². The van der Waals surface area contributed by atoms with E-state index >= 15 is 0 Å². The topological polar surface area (TPSA) is 52.6 Å². The molecule has 0 aliphatic heterocycles. The summed E-state index contributed by atoms with van der Waals surface area (Å²) in [6, 6.07) is 9.32. The summed E-state index contributed by atoms with van der Waals surface area (Å²) >= 11 is 0. The monoisotopic (exact) mass is 288 g/mol. The molecule has 0 saturated heterocycles. The number of aromatic nitrogens is 1. The molecule has 0 atom stereocenters. The number of hydrogen-bond acceptors (Lipinski definition) is 5. The zero-order valence-electron chi connectivity index (χ0n) is 12.8. The van der Waals surface area contributed by atoms with Gasteiger partial charge in [-0.25, -0.2) is 4.98 Å². The number of methoxy groups -OCH3 is 2. The Labute approximate surface area is 124 Å². The van der Waals surface area contributed by atoms with Gasteiger partial charge in [-0.05, 0) is 25.6 Å². The molecule has 0 bridgehead atoms. The number of pyridine rings is 1. The number of ether oxygens (including phenoxy) is 3. The standard InChI is InChI=1S/C16H20N2O3/c1-11-5-12(10-17-2)6-16(18-11)21-15-8-13(19-3)7-14(9-15)20-4/h5-9,17H,10H2,1-4H3. The molecule has 0 spiro atoms. The van der Waals surface area contributed by atoms with Gasteiger partial charge in [-0.1, -0.05) is 0 Å². The minimum absolute atomic E-state index is 0.551. The third kappa shape index (κ3) is 4.10. The molecule has 2 aromatic rings. The summed E-state index contributed by atoms with van der Waals surface area (Å²) in [6.45, 7) is 2.71. The van der Waals surface area contributed by atoms with Gasteiger partial charge in [0.25, 0.3) is 0 Å². The second-order valence-electron chi connectivity index (χ2n) is 4.64. The highest BCUT2D eigenvalue weighted by Crippen LogP contribution is 2.30. The van der Waals surface area contributed by atoms with Crippen LogP contribution in [0.15, 0.2) is 30.3 Å². The van der Waals surface area contributed by atoms with Crippen LogP contribution in [0.2, 0.25) is 0 Å². The van der Waals surface area contributed by atoms with Gasteiger partial charge in [0.05, 0.1) is 14.2 Å². The maximum absolute atomic E-state index is 5.83. The van der Waals surface area contributed by atoms with Crippen molar-refractivity contribution in [3.63, 3.8) is 0 Å². The molecular weight excluding hydrogens is 268 g/mol. The Bertz CT molecular complexity index is 592. The van der Waals surface area contributed by atoms with Crippen molar-refractivity contribution in [3.05, 3.63) is 41.6 Å². The van der Waals surface area contributed by atoms with E-state index in [-0.39, 0.29) is 0 Å². The smallest absolute Gasteiger partial charge is 0.219 e. The van der Waals surface area contributed by atoms with Gasteiger partial charge in [-0.15, -0.1) is 0 Å². The summed E-state index contributed by atoms with van der Waals surface area (Å²) in [6.07, 6.45) is 0. The SMILES string of the molecule is CNCc1cc(C)nc(Oc2cc(OC)cc(OC)c2)c1. The van der Waals surface area contributed by atoms with E-state index in [4.69, 9.17) is 14.2 Å². The van der Waals surface area contributed by atoms with Gasteiger partial charge in [0, 0.05) is 36.5 Å². The summed E-state index contributed by atoms with van der Waals surface area (Å²) in [5.41, 5.74) is 2.03. The van der Waals surface area contributed by atoms with Crippen LogP contribution in [0.4, 0.5) is 0 Å². The third-order valence-corrected chi connectivity index (χ3v) is 2.92. The maximum atomic E-state index is 5.83. The van der Waals surface area contributed by atoms with Crippen molar-refractivity contribution in [1.82, 2.24) is 10.3 Å². The van der Waals surface area contributed by atoms with Crippen LogP contribution in [0.1, 0.15) is 11.3 Å². The van der Waals surface area contributed by atoms with Crippen LogP contribution in [0.5, 0.6) is 23.1 Å². The Balaban J connectivity index is 2.28. The van der Waals surface area contributed by atoms with Crippen molar-refractivity contribution in [2.45, 2.75) is 13.5 Å².